The van der Waals surface area contributed by atoms with Crippen molar-refractivity contribution in [3.63, 3.8) is 0 Å². The van der Waals surface area contributed by atoms with Crippen LogP contribution in [0.1, 0.15) is 25.0 Å². The summed E-state index contributed by atoms with van der Waals surface area (Å²) >= 11 is 3.18. The fraction of sp³-hybridized carbons (Fsp3) is 0.462. The van der Waals surface area contributed by atoms with Gasteiger partial charge in [-0.1, -0.05) is 28.9 Å². The second-order valence-corrected chi connectivity index (χ2v) is 4.18. The Morgan fingerprint density at radius 1 is 1.25 bits per heavy atom. The minimum Gasteiger partial charge on any atom is -0.494 e. The van der Waals surface area contributed by atoms with E-state index in [0.29, 0.717) is 18.4 Å². The number of carbonyl (C=O) groups is 1. The van der Waals surface area contributed by atoms with Crippen molar-refractivity contribution >= 4 is 21.7 Å². The Hall–Kier alpha value is -0.830. The molecule has 0 aliphatic carbocycles. The summed E-state index contributed by atoms with van der Waals surface area (Å²) in [5.41, 5.74) is 2.25. The van der Waals surface area contributed by atoms with Gasteiger partial charge < -0.3 is 4.74 Å². The minimum absolute atomic E-state index is 0.190. The first kappa shape index (κ1) is 13.2. The van der Waals surface area contributed by atoms with Crippen LogP contribution in [0.2, 0.25) is 0 Å². The summed E-state index contributed by atoms with van der Waals surface area (Å²) in [5.74, 6) is 1.05. The van der Waals surface area contributed by atoms with Crippen LogP contribution in [0.25, 0.3) is 0 Å². The SMILES string of the molecule is CCOc1cc(CC)cc(CC(=O)CBr)c1. The van der Waals surface area contributed by atoms with E-state index in [4.69, 9.17) is 4.74 Å². The number of hydrogen-bond donors (Lipinski definition) is 0. The number of alkyl halides is 1. The normalized spacial score (nSPS) is 10.2. The number of aryl methyl sites for hydroxylation is 1. The third-order valence-electron chi connectivity index (χ3n) is 2.30. The third kappa shape index (κ3) is 3.97. The Morgan fingerprint density at radius 3 is 2.50 bits per heavy atom. The van der Waals surface area contributed by atoms with E-state index in [1.165, 1.54) is 5.56 Å². The molecule has 0 amide bonds. The van der Waals surface area contributed by atoms with Gasteiger partial charge >= 0.3 is 0 Å². The first-order valence-corrected chi connectivity index (χ1v) is 6.65. The highest BCUT2D eigenvalue weighted by atomic mass is 79.9. The first-order valence-electron chi connectivity index (χ1n) is 5.52. The summed E-state index contributed by atoms with van der Waals surface area (Å²) in [6, 6.07) is 6.05. The fourth-order valence-electron chi connectivity index (χ4n) is 1.56. The van der Waals surface area contributed by atoms with Crippen molar-refractivity contribution in [1.82, 2.24) is 0 Å². The predicted octanol–water partition coefficient (Wildman–Crippen LogP) is 3.15. The Labute approximate surface area is 105 Å². The molecule has 1 aromatic rings. The van der Waals surface area contributed by atoms with Crippen LogP contribution in [0.5, 0.6) is 5.75 Å². The van der Waals surface area contributed by atoms with E-state index in [-0.39, 0.29) is 5.78 Å². The van der Waals surface area contributed by atoms with Gasteiger partial charge in [0.1, 0.15) is 11.5 Å². The molecule has 0 atom stereocenters. The molecule has 3 heteroatoms. The average molecular weight is 285 g/mol. The summed E-state index contributed by atoms with van der Waals surface area (Å²) in [4.78, 5) is 11.4. The maximum atomic E-state index is 11.4. The van der Waals surface area contributed by atoms with Gasteiger partial charge in [-0.15, -0.1) is 0 Å². The number of hydrogen-bond acceptors (Lipinski definition) is 2. The van der Waals surface area contributed by atoms with E-state index in [1.807, 2.05) is 19.1 Å². The first-order chi connectivity index (χ1) is 7.69. The zero-order valence-corrected chi connectivity index (χ0v) is 11.3. The molecule has 0 aliphatic rings. The van der Waals surface area contributed by atoms with Gasteiger partial charge in [0.25, 0.3) is 0 Å². The average Bonchev–Trinajstić information content (AvgIpc) is 2.29. The second kappa shape index (κ2) is 6.69. The molecule has 1 rings (SSSR count). The molecular formula is C13H17BrO2. The number of benzene rings is 1. The standard InChI is InChI=1S/C13H17BrO2/c1-3-10-5-11(6-12(15)9-14)8-13(7-10)16-4-2/h5,7-8H,3-4,6,9H2,1-2H3. The Balaban J connectivity index is 2.90. The van der Waals surface area contributed by atoms with Crippen LogP contribution in [-0.2, 0) is 17.6 Å². The molecule has 0 aliphatic heterocycles. The zero-order valence-electron chi connectivity index (χ0n) is 9.75. The molecule has 0 N–H and O–H groups in total. The topological polar surface area (TPSA) is 26.3 Å². The number of rotatable bonds is 6. The third-order valence-corrected chi connectivity index (χ3v) is 2.92. The Kier molecular flexibility index (Phi) is 5.53. The van der Waals surface area contributed by atoms with Crippen molar-refractivity contribution in [2.75, 3.05) is 11.9 Å². The van der Waals surface area contributed by atoms with E-state index in [0.717, 1.165) is 17.7 Å². The minimum atomic E-state index is 0.190. The number of halogens is 1. The van der Waals surface area contributed by atoms with Crippen molar-refractivity contribution in [3.05, 3.63) is 29.3 Å². The number of ketones is 1. The van der Waals surface area contributed by atoms with Crippen LogP contribution < -0.4 is 4.74 Å². The van der Waals surface area contributed by atoms with Crippen LogP contribution in [0, 0.1) is 0 Å². The van der Waals surface area contributed by atoms with Gasteiger partial charge in [0.15, 0.2) is 0 Å². The van der Waals surface area contributed by atoms with Crippen molar-refractivity contribution in [2.24, 2.45) is 0 Å². The van der Waals surface area contributed by atoms with Crippen molar-refractivity contribution < 1.29 is 9.53 Å². The molecule has 0 saturated heterocycles. The predicted molar refractivity (Wildman–Crippen MR) is 69.5 cm³/mol. The number of carbonyl (C=O) groups excluding carboxylic acids is 1. The smallest absolute Gasteiger partial charge is 0.147 e. The molecule has 0 bridgehead atoms. The maximum Gasteiger partial charge on any atom is 0.147 e. The highest BCUT2D eigenvalue weighted by Crippen LogP contribution is 2.18. The van der Waals surface area contributed by atoms with Gasteiger partial charge in [-0.25, -0.2) is 0 Å². The van der Waals surface area contributed by atoms with E-state index >= 15 is 0 Å². The lowest BCUT2D eigenvalue weighted by molar-refractivity contribution is -0.115. The zero-order chi connectivity index (χ0) is 12.0. The van der Waals surface area contributed by atoms with Crippen LogP contribution in [0.15, 0.2) is 18.2 Å². The van der Waals surface area contributed by atoms with Gasteiger partial charge in [0.2, 0.25) is 0 Å². The molecule has 0 fully saturated rings. The van der Waals surface area contributed by atoms with Crippen molar-refractivity contribution in [3.8, 4) is 5.75 Å². The summed E-state index contributed by atoms with van der Waals surface area (Å²) in [5, 5.41) is 0.410. The van der Waals surface area contributed by atoms with Crippen LogP contribution in [-0.4, -0.2) is 17.7 Å². The van der Waals surface area contributed by atoms with Crippen LogP contribution in [0.4, 0.5) is 0 Å². The van der Waals surface area contributed by atoms with E-state index in [2.05, 4.69) is 28.9 Å². The molecule has 16 heavy (non-hydrogen) atoms. The molecule has 2 nitrogen and oxygen atoms in total. The fourth-order valence-corrected chi connectivity index (χ4v) is 1.76. The van der Waals surface area contributed by atoms with Gasteiger partial charge in [-0.3, -0.25) is 4.79 Å². The molecule has 0 spiro atoms. The van der Waals surface area contributed by atoms with Gasteiger partial charge in [0, 0.05) is 6.42 Å². The summed E-state index contributed by atoms with van der Waals surface area (Å²) in [6.07, 6.45) is 1.43. The Bertz CT molecular complexity index is 361. The molecule has 0 heterocycles. The second-order valence-electron chi connectivity index (χ2n) is 3.62. The van der Waals surface area contributed by atoms with Gasteiger partial charge in [0.05, 0.1) is 11.9 Å². The highest BCUT2D eigenvalue weighted by molar-refractivity contribution is 9.09. The number of ether oxygens (including phenoxy) is 1. The lowest BCUT2D eigenvalue weighted by Crippen LogP contribution is -2.04. The van der Waals surface area contributed by atoms with Gasteiger partial charge in [-0.05, 0) is 36.6 Å². The van der Waals surface area contributed by atoms with E-state index in [9.17, 15) is 4.79 Å². The molecule has 0 radical (unpaired) electrons. The van der Waals surface area contributed by atoms with Crippen molar-refractivity contribution in [1.29, 1.82) is 0 Å². The molecule has 0 unspecified atom stereocenters. The molecule has 0 aromatic heterocycles. The molecule has 88 valence electrons. The molecule has 0 saturated carbocycles. The molecule has 1 aromatic carbocycles. The highest BCUT2D eigenvalue weighted by Gasteiger charge is 2.05. The van der Waals surface area contributed by atoms with Gasteiger partial charge in [-0.2, -0.15) is 0 Å². The number of Topliss-reactive ketones (excluding diaryl/α,β-unsaturated/α-hetero) is 1. The maximum absolute atomic E-state index is 11.4. The quantitative estimate of drug-likeness (QED) is 0.750. The lowest BCUT2D eigenvalue weighted by atomic mass is 10.0. The molecular weight excluding hydrogens is 268 g/mol. The summed E-state index contributed by atoms with van der Waals surface area (Å²) < 4.78 is 5.48. The lowest BCUT2D eigenvalue weighted by Gasteiger charge is -2.08. The summed E-state index contributed by atoms with van der Waals surface area (Å²) in [7, 11) is 0. The summed E-state index contributed by atoms with van der Waals surface area (Å²) in [6.45, 7) is 4.71. The largest absolute Gasteiger partial charge is 0.494 e. The monoisotopic (exact) mass is 284 g/mol. The van der Waals surface area contributed by atoms with Crippen LogP contribution in [0.3, 0.4) is 0 Å². The van der Waals surface area contributed by atoms with Crippen molar-refractivity contribution in [2.45, 2.75) is 26.7 Å². The Morgan fingerprint density at radius 2 is 1.94 bits per heavy atom. The van der Waals surface area contributed by atoms with Crippen LogP contribution >= 0.6 is 15.9 Å². The van der Waals surface area contributed by atoms with E-state index < -0.39 is 0 Å². The van der Waals surface area contributed by atoms with E-state index in [1.54, 1.807) is 0 Å².